The van der Waals surface area contributed by atoms with E-state index in [-0.39, 0.29) is 0 Å². The second-order valence-corrected chi connectivity index (χ2v) is 21.3. The molecule has 6 aliphatic rings. The van der Waals surface area contributed by atoms with E-state index in [0.717, 1.165) is 38.5 Å². The van der Waals surface area contributed by atoms with Crippen LogP contribution in [0.15, 0.2) is 170 Å². The molecule has 0 bridgehead atoms. The van der Waals surface area contributed by atoms with Gasteiger partial charge in [0.2, 0.25) is 0 Å². The van der Waals surface area contributed by atoms with E-state index in [2.05, 4.69) is 182 Å². The lowest BCUT2D eigenvalue weighted by Crippen LogP contribution is -2.06. The summed E-state index contributed by atoms with van der Waals surface area (Å²) in [5.41, 5.74) is 25.3. The van der Waals surface area contributed by atoms with Crippen LogP contribution in [-0.2, 0) is 25.7 Å². The summed E-state index contributed by atoms with van der Waals surface area (Å²) >= 11 is 2.04. The predicted octanol–water partition coefficient (Wildman–Crippen LogP) is 18.5. The molecule has 1 aromatic heterocycles. The molecular weight excluding hydrogens is 849 g/mol. The van der Waals surface area contributed by atoms with E-state index >= 15 is 0 Å². The van der Waals surface area contributed by atoms with Gasteiger partial charge in [-0.3, -0.25) is 0 Å². The second-order valence-electron chi connectivity index (χ2n) is 20.3. The summed E-state index contributed by atoms with van der Waals surface area (Å²) in [5, 5.41) is 16.3. The van der Waals surface area contributed by atoms with Gasteiger partial charge in [0, 0.05) is 26.4 Å². The first kappa shape index (κ1) is 37.2. The fourth-order valence-corrected chi connectivity index (χ4v) is 15.4. The van der Waals surface area contributed by atoms with Gasteiger partial charge >= 0.3 is 0 Å². The summed E-state index contributed by atoms with van der Waals surface area (Å²) in [6.07, 6.45) is 27.4. The van der Waals surface area contributed by atoms with Crippen LogP contribution in [-0.4, -0.2) is 0 Å². The monoisotopic (exact) mass is 890 g/mol. The Labute approximate surface area is 404 Å². The molecule has 0 nitrogen and oxygen atoms in total. The van der Waals surface area contributed by atoms with Crippen molar-refractivity contribution in [3.63, 3.8) is 0 Å². The van der Waals surface area contributed by atoms with Gasteiger partial charge in [-0.05, 0) is 187 Å². The van der Waals surface area contributed by atoms with E-state index < -0.39 is 0 Å². The molecule has 10 aromatic carbocycles. The summed E-state index contributed by atoms with van der Waals surface area (Å²) in [4.78, 5) is 2.73. The Morgan fingerprint density at radius 2 is 0.855 bits per heavy atom. The highest BCUT2D eigenvalue weighted by atomic mass is 32.1. The number of allylic oxidation sites excluding steroid dienone is 10. The van der Waals surface area contributed by atoms with Gasteiger partial charge in [0.25, 0.3) is 0 Å². The third-order valence-corrected chi connectivity index (χ3v) is 18.2. The largest absolute Gasteiger partial charge is 0.134 e. The van der Waals surface area contributed by atoms with Gasteiger partial charge in [-0.25, -0.2) is 0 Å². The van der Waals surface area contributed by atoms with Gasteiger partial charge in [0.05, 0.1) is 0 Å². The molecule has 0 aliphatic heterocycles. The Balaban J connectivity index is 1.07. The molecule has 0 N–H and O–H groups in total. The molecule has 1 heteroatoms. The number of hydrogen-bond donors (Lipinski definition) is 0. The van der Waals surface area contributed by atoms with Crippen LogP contribution < -0.4 is 0 Å². The molecule has 0 fully saturated rings. The zero-order valence-electron chi connectivity index (χ0n) is 38.0. The van der Waals surface area contributed by atoms with Crippen LogP contribution in [0, 0.1) is 0 Å². The minimum atomic E-state index is 0.908. The third kappa shape index (κ3) is 4.88. The SMILES string of the molecule is C1=Cc2ccc3ccc(-c4c(-c5ccc6ccc7cccc8ccc5c6c78)sc(-c5ccc6ccc7c8c6c5CC=C8C=CC7)c4-c4ccc5c6c7c(ccc46)C=CCC7=CC5)c4c3c2C(=CC4)C1. The minimum absolute atomic E-state index is 0.908. The molecule has 69 heavy (non-hydrogen) atoms. The Morgan fingerprint density at radius 3 is 1.70 bits per heavy atom. The molecule has 320 valence electrons. The van der Waals surface area contributed by atoms with Crippen molar-refractivity contribution in [3.05, 3.63) is 220 Å². The standard InChI is InChI=1S/C68H42S/c1-5-37-13-17-45-25-31-51(49-29-21-41(9-1)57(37)61(45)49)65-66(52-32-26-46-18-14-38-6-2-10-42-22-30-50(52)62(46)58(38)42)68(56-36-28-48-20-16-40-8-4-12-44-24-34-54(56)64(48)60(40)44)69-67(65)55-35-27-47-19-15-39-7-3-11-43-23-33-53(55)63(47)59(39)43/h1-5,7,10-17,19-28,30-33,35-36H,6,8-9,18,29,34H2. The lowest BCUT2D eigenvalue weighted by molar-refractivity contribution is 1.20. The molecule has 1 heterocycles. The first-order valence-electron chi connectivity index (χ1n) is 24.9. The van der Waals surface area contributed by atoms with Gasteiger partial charge in [0.15, 0.2) is 0 Å². The fourth-order valence-electron chi connectivity index (χ4n) is 14.0. The first-order chi connectivity index (χ1) is 34.2. The maximum absolute atomic E-state index is 2.55. The summed E-state index contributed by atoms with van der Waals surface area (Å²) in [6.45, 7) is 0. The number of benzene rings is 10. The van der Waals surface area contributed by atoms with Crippen molar-refractivity contribution in [2.75, 3.05) is 0 Å². The summed E-state index contributed by atoms with van der Waals surface area (Å²) < 4.78 is 0. The van der Waals surface area contributed by atoms with Crippen LogP contribution in [0.4, 0.5) is 0 Å². The molecule has 17 rings (SSSR count). The van der Waals surface area contributed by atoms with Crippen LogP contribution >= 0.6 is 11.3 Å². The minimum Gasteiger partial charge on any atom is -0.134 e. The maximum atomic E-state index is 2.55. The molecule has 0 unspecified atom stereocenters. The van der Waals surface area contributed by atoms with Crippen molar-refractivity contribution >= 4 is 105 Å². The molecule has 0 spiro atoms. The number of rotatable bonds is 4. The smallest absolute Gasteiger partial charge is 0.0440 e. The molecule has 11 aromatic rings. The van der Waals surface area contributed by atoms with Crippen molar-refractivity contribution < 1.29 is 0 Å². The normalized spacial score (nSPS) is 15.9. The van der Waals surface area contributed by atoms with Gasteiger partial charge < -0.3 is 0 Å². The number of hydrogen-bond acceptors (Lipinski definition) is 1. The first-order valence-corrected chi connectivity index (χ1v) is 25.7. The molecule has 0 amide bonds. The van der Waals surface area contributed by atoms with Crippen molar-refractivity contribution in [3.8, 4) is 43.1 Å². The Bertz CT molecular complexity index is 4430. The van der Waals surface area contributed by atoms with Crippen LogP contribution in [0.2, 0.25) is 0 Å². The third-order valence-electron chi connectivity index (χ3n) is 17.0. The van der Waals surface area contributed by atoms with E-state index in [0.29, 0.717) is 0 Å². The summed E-state index contributed by atoms with van der Waals surface area (Å²) in [7, 11) is 0. The molecule has 0 atom stereocenters. The summed E-state index contributed by atoms with van der Waals surface area (Å²) in [6, 6.07) is 50.3. The number of thiophene rings is 1. The highest BCUT2D eigenvalue weighted by Crippen LogP contribution is 2.59. The van der Waals surface area contributed by atoms with Gasteiger partial charge in [-0.1, -0.05) is 182 Å². The van der Waals surface area contributed by atoms with Gasteiger partial charge in [0.1, 0.15) is 0 Å². The van der Waals surface area contributed by atoms with E-state index in [4.69, 9.17) is 0 Å². The maximum Gasteiger partial charge on any atom is 0.0440 e. The highest BCUT2D eigenvalue weighted by Gasteiger charge is 2.33. The average molecular weight is 891 g/mol. The zero-order chi connectivity index (χ0) is 44.6. The zero-order valence-corrected chi connectivity index (χ0v) is 38.8. The van der Waals surface area contributed by atoms with E-state index in [9.17, 15) is 0 Å². The Kier molecular flexibility index (Phi) is 7.24. The molecule has 0 radical (unpaired) electrons. The fraction of sp³-hybridized carbons (Fsp3) is 0.0882. The van der Waals surface area contributed by atoms with Crippen molar-refractivity contribution in [1.82, 2.24) is 0 Å². The van der Waals surface area contributed by atoms with Crippen LogP contribution in [0.25, 0.3) is 137 Å². The lowest BCUT2D eigenvalue weighted by atomic mass is 9.76. The summed E-state index contributed by atoms with van der Waals surface area (Å²) in [5.74, 6) is 0. The second kappa shape index (κ2) is 13.4. The Morgan fingerprint density at radius 1 is 0.319 bits per heavy atom. The van der Waals surface area contributed by atoms with E-state index in [1.807, 2.05) is 11.3 Å². The molecular formula is C68H42S. The van der Waals surface area contributed by atoms with Crippen molar-refractivity contribution in [2.45, 2.75) is 38.5 Å². The Hall–Kier alpha value is -7.84. The van der Waals surface area contributed by atoms with Gasteiger partial charge in [-0.2, -0.15) is 0 Å². The molecule has 0 saturated heterocycles. The highest BCUT2D eigenvalue weighted by molar-refractivity contribution is 7.20. The van der Waals surface area contributed by atoms with Crippen molar-refractivity contribution in [2.24, 2.45) is 0 Å². The van der Waals surface area contributed by atoms with E-state index in [1.54, 1.807) is 0 Å². The van der Waals surface area contributed by atoms with Crippen LogP contribution in [0.1, 0.15) is 62.9 Å². The predicted molar refractivity (Wildman–Crippen MR) is 297 cm³/mol. The molecule has 6 aliphatic carbocycles. The lowest BCUT2D eigenvalue weighted by Gasteiger charge is -2.27. The van der Waals surface area contributed by atoms with Crippen molar-refractivity contribution in [1.29, 1.82) is 0 Å². The van der Waals surface area contributed by atoms with Crippen LogP contribution in [0.3, 0.4) is 0 Å². The topological polar surface area (TPSA) is 0 Å². The quantitative estimate of drug-likeness (QED) is 0.154. The average Bonchev–Trinajstić information content (AvgIpc) is 3.79. The van der Waals surface area contributed by atoms with E-state index in [1.165, 1.54) is 175 Å². The molecule has 0 saturated carbocycles. The van der Waals surface area contributed by atoms with Crippen LogP contribution in [0.5, 0.6) is 0 Å². The van der Waals surface area contributed by atoms with Gasteiger partial charge in [-0.15, -0.1) is 11.3 Å².